The Kier molecular flexibility index (Phi) is 11.7. The van der Waals surface area contributed by atoms with Crippen molar-refractivity contribution in [3.63, 3.8) is 0 Å². The molecule has 0 aliphatic heterocycles. The van der Waals surface area contributed by atoms with Crippen molar-refractivity contribution in [2.45, 2.75) is 26.3 Å². The summed E-state index contributed by atoms with van der Waals surface area (Å²) < 4.78 is 5.32. The fourth-order valence-electron chi connectivity index (χ4n) is 1.74. The van der Waals surface area contributed by atoms with E-state index in [1.54, 1.807) is 19.1 Å². The molecule has 6 nitrogen and oxygen atoms in total. The van der Waals surface area contributed by atoms with E-state index >= 15 is 0 Å². The molecule has 1 aromatic carbocycles. The Bertz CT molecular complexity index is 457. The first kappa shape index (κ1) is 21.2. The first-order valence-corrected chi connectivity index (χ1v) is 7.59. The van der Waals surface area contributed by atoms with Gasteiger partial charge in [-0.25, -0.2) is 0 Å². The monoisotopic (exact) mass is 343 g/mol. The van der Waals surface area contributed by atoms with Crippen LogP contribution in [0.4, 0.5) is 0 Å². The van der Waals surface area contributed by atoms with Crippen LogP contribution in [0.3, 0.4) is 0 Å². The molecular weight excluding hydrogens is 318 g/mol. The molecule has 7 heteroatoms. The van der Waals surface area contributed by atoms with Crippen LogP contribution in [0.2, 0.25) is 0 Å². The maximum Gasteiger partial charge on any atom is 0.258 e. The quantitative estimate of drug-likeness (QED) is 0.556. The Hall–Kier alpha value is -1.79. The molecule has 1 unspecified atom stereocenters. The van der Waals surface area contributed by atoms with Crippen molar-refractivity contribution in [3.8, 4) is 5.75 Å². The Labute approximate surface area is 143 Å². The lowest BCUT2D eigenvalue weighted by molar-refractivity contribution is -0.129. The van der Waals surface area contributed by atoms with Crippen molar-refractivity contribution in [1.82, 2.24) is 16.0 Å². The zero-order valence-corrected chi connectivity index (χ0v) is 14.4. The minimum absolute atomic E-state index is 0. The molecule has 1 atom stereocenters. The lowest BCUT2D eigenvalue weighted by atomic mass is 10.3. The number of halogens is 1. The molecule has 0 aliphatic carbocycles. The minimum atomic E-state index is -0.585. The molecule has 3 N–H and O–H groups in total. The first-order valence-electron chi connectivity index (χ1n) is 7.59. The molecule has 0 heterocycles. The number of rotatable bonds is 10. The summed E-state index contributed by atoms with van der Waals surface area (Å²) in [5, 5.41) is 8.56. The third kappa shape index (κ3) is 9.76. The molecule has 23 heavy (non-hydrogen) atoms. The third-order valence-electron chi connectivity index (χ3n) is 2.91. The van der Waals surface area contributed by atoms with Gasteiger partial charge in [0.2, 0.25) is 5.91 Å². The molecular formula is C16H26ClN3O3. The maximum absolute atomic E-state index is 11.8. The summed E-state index contributed by atoms with van der Waals surface area (Å²) in [5.74, 6) is 0.0960. The predicted octanol–water partition coefficient (Wildman–Crippen LogP) is 1.11. The van der Waals surface area contributed by atoms with Gasteiger partial charge in [-0.2, -0.15) is 0 Å². The second kappa shape index (κ2) is 12.7. The number of para-hydroxylation sites is 1. The Morgan fingerprint density at radius 3 is 2.48 bits per heavy atom. The van der Waals surface area contributed by atoms with Gasteiger partial charge in [-0.05, 0) is 32.0 Å². The predicted molar refractivity (Wildman–Crippen MR) is 93.0 cm³/mol. The van der Waals surface area contributed by atoms with E-state index in [1.165, 1.54) is 0 Å². The number of amides is 2. The minimum Gasteiger partial charge on any atom is -0.484 e. The molecule has 0 bridgehead atoms. The molecule has 0 spiro atoms. The summed E-state index contributed by atoms with van der Waals surface area (Å²) >= 11 is 0. The summed E-state index contributed by atoms with van der Waals surface area (Å²) in [6.45, 7) is 5.81. The highest BCUT2D eigenvalue weighted by Gasteiger charge is 2.15. The number of nitrogens with one attached hydrogen (secondary N) is 3. The van der Waals surface area contributed by atoms with Crippen LogP contribution in [0, 0.1) is 0 Å². The zero-order valence-electron chi connectivity index (χ0n) is 13.6. The van der Waals surface area contributed by atoms with Crippen LogP contribution in [-0.2, 0) is 9.59 Å². The number of carbonyl (C=O) groups is 2. The van der Waals surface area contributed by atoms with Gasteiger partial charge in [0.25, 0.3) is 5.91 Å². The molecule has 1 rings (SSSR count). The van der Waals surface area contributed by atoms with Gasteiger partial charge < -0.3 is 20.7 Å². The van der Waals surface area contributed by atoms with Gasteiger partial charge in [-0.1, -0.05) is 25.1 Å². The topological polar surface area (TPSA) is 79.5 Å². The average Bonchev–Trinajstić information content (AvgIpc) is 2.53. The van der Waals surface area contributed by atoms with E-state index < -0.39 is 6.04 Å². The van der Waals surface area contributed by atoms with Crippen molar-refractivity contribution < 1.29 is 14.3 Å². The van der Waals surface area contributed by atoms with Gasteiger partial charge >= 0.3 is 0 Å². The number of hydrogen-bond acceptors (Lipinski definition) is 4. The van der Waals surface area contributed by atoms with Crippen molar-refractivity contribution in [2.24, 2.45) is 0 Å². The van der Waals surface area contributed by atoms with Crippen molar-refractivity contribution in [2.75, 3.05) is 26.2 Å². The molecule has 0 radical (unpaired) electrons. The number of hydrogen-bond donors (Lipinski definition) is 3. The van der Waals surface area contributed by atoms with Crippen LogP contribution in [0.1, 0.15) is 20.3 Å². The third-order valence-corrected chi connectivity index (χ3v) is 2.91. The largest absolute Gasteiger partial charge is 0.484 e. The van der Waals surface area contributed by atoms with Crippen molar-refractivity contribution in [3.05, 3.63) is 30.3 Å². The summed E-state index contributed by atoms with van der Waals surface area (Å²) in [6, 6.07) is 8.48. The maximum atomic E-state index is 11.8. The lowest BCUT2D eigenvalue weighted by Gasteiger charge is -2.14. The van der Waals surface area contributed by atoms with Crippen LogP contribution in [0.5, 0.6) is 5.75 Å². The van der Waals surface area contributed by atoms with Crippen LogP contribution in [0.15, 0.2) is 30.3 Å². The number of carbonyl (C=O) groups excluding carboxylic acids is 2. The summed E-state index contributed by atoms with van der Waals surface area (Å²) in [5.41, 5.74) is 0. The van der Waals surface area contributed by atoms with E-state index in [9.17, 15) is 9.59 Å². The number of benzene rings is 1. The van der Waals surface area contributed by atoms with E-state index in [4.69, 9.17) is 4.74 Å². The summed E-state index contributed by atoms with van der Waals surface area (Å²) in [6.07, 6.45) is 1.06. The van der Waals surface area contributed by atoms with Crippen molar-refractivity contribution in [1.29, 1.82) is 0 Å². The van der Waals surface area contributed by atoms with Crippen LogP contribution in [0.25, 0.3) is 0 Å². The molecule has 0 saturated heterocycles. The fourth-order valence-corrected chi connectivity index (χ4v) is 1.74. The molecule has 0 aromatic heterocycles. The molecule has 0 aliphatic rings. The standard InChI is InChI=1S/C16H25N3O3.ClH/c1-3-9-17-10-11-18-16(21)13(2)19-15(20)12-22-14-7-5-4-6-8-14;/h4-8,13,17H,3,9-12H2,1-2H3,(H,18,21)(H,19,20);1H. The van der Waals surface area contributed by atoms with Crippen molar-refractivity contribution >= 4 is 24.2 Å². The Balaban J connectivity index is 0.00000484. The fraction of sp³-hybridized carbons (Fsp3) is 0.500. The van der Waals surface area contributed by atoms with E-state index in [0.29, 0.717) is 12.3 Å². The highest BCUT2D eigenvalue weighted by Crippen LogP contribution is 2.07. The molecule has 0 saturated carbocycles. The van der Waals surface area contributed by atoms with Gasteiger partial charge in [0.1, 0.15) is 11.8 Å². The smallest absolute Gasteiger partial charge is 0.258 e. The normalized spacial score (nSPS) is 11.0. The zero-order chi connectivity index (χ0) is 16.2. The Morgan fingerprint density at radius 2 is 1.83 bits per heavy atom. The van der Waals surface area contributed by atoms with E-state index in [0.717, 1.165) is 19.5 Å². The van der Waals surface area contributed by atoms with Crippen LogP contribution in [-0.4, -0.2) is 44.1 Å². The van der Waals surface area contributed by atoms with Gasteiger partial charge in [0.05, 0.1) is 0 Å². The molecule has 130 valence electrons. The highest BCUT2D eigenvalue weighted by molar-refractivity contribution is 5.87. The molecule has 1 aromatic rings. The molecule has 0 fully saturated rings. The lowest BCUT2D eigenvalue weighted by Crippen LogP contribution is -2.47. The molecule has 2 amide bonds. The van der Waals surface area contributed by atoms with Crippen LogP contribution >= 0.6 is 12.4 Å². The van der Waals surface area contributed by atoms with Gasteiger partial charge in [-0.15, -0.1) is 12.4 Å². The van der Waals surface area contributed by atoms with Gasteiger partial charge in [0.15, 0.2) is 6.61 Å². The summed E-state index contributed by atoms with van der Waals surface area (Å²) in [7, 11) is 0. The van der Waals surface area contributed by atoms with Gasteiger partial charge in [0, 0.05) is 13.1 Å². The number of ether oxygens (including phenoxy) is 1. The average molecular weight is 344 g/mol. The highest BCUT2D eigenvalue weighted by atomic mass is 35.5. The van der Waals surface area contributed by atoms with Crippen LogP contribution < -0.4 is 20.7 Å². The van der Waals surface area contributed by atoms with E-state index in [2.05, 4.69) is 22.9 Å². The van der Waals surface area contributed by atoms with E-state index in [-0.39, 0.29) is 30.8 Å². The second-order valence-corrected chi connectivity index (χ2v) is 4.93. The van der Waals surface area contributed by atoms with Gasteiger partial charge in [-0.3, -0.25) is 9.59 Å². The summed E-state index contributed by atoms with van der Waals surface area (Å²) in [4.78, 5) is 23.5. The Morgan fingerprint density at radius 1 is 1.13 bits per heavy atom. The first-order chi connectivity index (χ1) is 10.6. The second-order valence-electron chi connectivity index (χ2n) is 4.93. The SMILES string of the molecule is CCCNCCNC(=O)C(C)NC(=O)COc1ccccc1.Cl. The van der Waals surface area contributed by atoms with E-state index in [1.807, 2.05) is 18.2 Å².